The van der Waals surface area contributed by atoms with Gasteiger partial charge < -0.3 is 14.7 Å². The zero-order valence-electron chi connectivity index (χ0n) is 12.1. The van der Waals surface area contributed by atoms with Crippen LogP contribution in [0.5, 0.6) is 0 Å². The lowest BCUT2D eigenvalue weighted by Crippen LogP contribution is -2.48. The van der Waals surface area contributed by atoms with E-state index in [1.54, 1.807) is 13.2 Å². The molecule has 0 aromatic carbocycles. The molecule has 7 heteroatoms. The maximum atomic E-state index is 11.9. The van der Waals surface area contributed by atoms with Crippen molar-refractivity contribution in [3.8, 4) is 0 Å². The first-order chi connectivity index (χ1) is 10.1. The highest BCUT2D eigenvalue weighted by Gasteiger charge is 2.21. The molecule has 1 aliphatic rings. The van der Waals surface area contributed by atoms with Crippen LogP contribution in [-0.4, -0.2) is 66.7 Å². The minimum absolute atomic E-state index is 0.140. The lowest BCUT2D eigenvalue weighted by atomic mass is 10.2. The number of carboxylic acids is 1. The molecule has 1 aromatic heterocycles. The van der Waals surface area contributed by atoms with Crippen LogP contribution in [0.25, 0.3) is 0 Å². The molecule has 0 aliphatic carbocycles. The molecule has 2 rings (SSSR count). The van der Waals surface area contributed by atoms with E-state index in [1.165, 1.54) is 11.3 Å². The number of hydrogen-bond acceptors (Lipinski definition) is 5. The summed E-state index contributed by atoms with van der Waals surface area (Å²) in [6.07, 6.45) is 0.434. The van der Waals surface area contributed by atoms with Gasteiger partial charge in [0.05, 0.1) is 13.0 Å². The van der Waals surface area contributed by atoms with Crippen molar-refractivity contribution < 1.29 is 19.4 Å². The van der Waals surface area contributed by atoms with Crippen molar-refractivity contribution in [1.29, 1.82) is 0 Å². The Labute approximate surface area is 127 Å². The van der Waals surface area contributed by atoms with E-state index in [-0.39, 0.29) is 5.91 Å². The minimum Gasteiger partial charge on any atom is -0.477 e. The molecule has 6 nitrogen and oxygen atoms in total. The first-order valence-electron chi connectivity index (χ1n) is 6.91. The van der Waals surface area contributed by atoms with Crippen LogP contribution in [0.4, 0.5) is 0 Å². The number of ether oxygens (including phenoxy) is 1. The second-order valence-electron chi connectivity index (χ2n) is 4.97. The molecule has 1 fully saturated rings. The van der Waals surface area contributed by atoms with Gasteiger partial charge in [-0.3, -0.25) is 9.69 Å². The third kappa shape index (κ3) is 4.52. The molecule has 0 saturated carbocycles. The van der Waals surface area contributed by atoms with Crippen molar-refractivity contribution in [2.45, 2.75) is 13.0 Å². The fourth-order valence-electron chi connectivity index (χ4n) is 2.30. The van der Waals surface area contributed by atoms with Crippen molar-refractivity contribution in [3.63, 3.8) is 0 Å². The summed E-state index contributed by atoms with van der Waals surface area (Å²) in [6, 6.07) is 3.51. The lowest BCUT2D eigenvalue weighted by molar-refractivity contribution is -0.133. The van der Waals surface area contributed by atoms with Gasteiger partial charge in [-0.05, 0) is 12.1 Å². The fraction of sp³-hybridized carbons (Fsp3) is 0.571. The second-order valence-corrected chi connectivity index (χ2v) is 6.14. The van der Waals surface area contributed by atoms with E-state index in [4.69, 9.17) is 9.84 Å². The Morgan fingerprint density at radius 2 is 2.00 bits per heavy atom. The quantitative estimate of drug-likeness (QED) is 0.852. The highest BCUT2D eigenvalue weighted by Crippen LogP contribution is 2.19. The van der Waals surface area contributed by atoms with Gasteiger partial charge in [-0.25, -0.2) is 4.79 Å². The Kier molecular flexibility index (Phi) is 5.72. The number of piperazine rings is 1. The fourth-order valence-corrected chi connectivity index (χ4v) is 3.19. The van der Waals surface area contributed by atoms with Crippen molar-refractivity contribution in [1.82, 2.24) is 9.80 Å². The Bertz CT molecular complexity index is 495. The molecule has 0 atom stereocenters. The Morgan fingerprint density at radius 1 is 1.29 bits per heavy atom. The van der Waals surface area contributed by atoms with E-state index in [0.29, 0.717) is 17.9 Å². The van der Waals surface area contributed by atoms with E-state index in [2.05, 4.69) is 4.90 Å². The number of carbonyl (C=O) groups is 2. The molecule has 0 radical (unpaired) electrons. The number of nitrogens with zero attached hydrogens (tertiary/aromatic N) is 2. The Balaban J connectivity index is 1.78. The largest absolute Gasteiger partial charge is 0.477 e. The summed E-state index contributed by atoms with van der Waals surface area (Å²) in [5, 5.41) is 8.91. The Hall–Kier alpha value is -1.44. The van der Waals surface area contributed by atoms with Gasteiger partial charge in [0.1, 0.15) is 4.88 Å². The molecule has 1 N–H and O–H groups in total. The SMILES string of the molecule is COCCC(=O)N1CCN(Cc2ccc(C(=O)O)s2)CC1. The third-order valence-corrected chi connectivity index (χ3v) is 4.55. The maximum Gasteiger partial charge on any atom is 0.345 e. The van der Waals surface area contributed by atoms with Gasteiger partial charge in [0.25, 0.3) is 0 Å². The number of carboxylic acid groups (broad SMARTS) is 1. The van der Waals surface area contributed by atoms with E-state index < -0.39 is 5.97 Å². The lowest BCUT2D eigenvalue weighted by Gasteiger charge is -2.34. The summed E-state index contributed by atoms with van der Waals surface area (Å²) < 4.78 is 4.92. The summed E-state index contributed by atoms with van der Waals surface area (Å²) in [5.74, 6) is -0.736. The molecule has 1 aromatic rings. The molecule has 0 spiro atoms. The van der Waals surface area contributed by atoms with Gasteiger partial charge >= 0.3 is 5.97 Å². The second kappa shape index (κ2) is 7.53. The molecule has 1 aliphatic heterocycles. The zero-order chi connectivity index (χ0) is 15.2. The van der Waals surface area contributed by atoms with Crippen LogP contribution in [0.3, 0.4) is 0 Å². The first-order valence-corrected chi connectivity index (χ1v) is 7.73. The average Bonchev–Trinajstić information content (AvgIpc) is 2.94. The van der Waals surface area contributed by atoms with E-state index in [0.717, 1.165) is 37.6 Å². The van der Waals surface area contributed by atoms with Crippen LogP contribution in [-0.2, 0) is 16.1 Å². The van der Waals surface area contributed by atoms with Crippen molar-refractivity contribution in [2.24, 2.45) is 0 Å². The van der Waals surface area contributed by atoms with Crippen molar-refractivity contribution >= 4 is 23.2 Å². The van der Waals surface area contributed by atoms with Crippen LogP contribution < -0.4 is 0 Å². The number of amides is 1. The highest BCUT2D eigenvalue weighted by atomic mass is 32.1. The van der Waals surface area contributed by atoms with Gasteiger partial charge in [-0.15, -0.1) is 11.3 Å². The van der Waals surface area contributed by atoms with E-state index in [9.17, 15) is 9.59 Å². The predicted molar refractivity (Wildman–Crippen MR) is 79.6 cm³/mol. The third-order valence-electron chi connectivity index (χ3n) is 3.50. The minimum atomic E-state index is -0.875. The average molecular weight is 312 g/mol. The van der Waals surface area contributed by atoms with Crippen LogP contribution in [0.15, 0.2) is 12.1 Å². The number of thiophene rings is 1. The molecule has 0 unspecified atom stereocenters. The van der Waals surface area contributed by atoms with Gasteiger partial charge in [0, 0.05) is 44.7 Å². The predicted octanol–water partition coefficient (Wildman–Crippen LogP) is 1.13. The molecular formula is C14H20N2O4S. The number of carbonyl (C=O) groups excluding carboxylic acids is 1. The van der Waals surface area contributed by atoms with E-state index in [1.807, 2.05) is 11.0 Å². The van der Waals surface area contributed by atoms with Gasteiger partial charge in [-0.1, -0.05) is 0 Å². The van der Waals surface area contributed by atoms with Crippen LogP contribution in [0.2, 0.25) is 0 Å². The summed E-state index contributed by atoms with van der Waals surface area (Å²) in [7, 11) is 1.59. The maximum absolute atomic E-state index is 11.9. The molecular weight excluding hydrogens is 292 g/mol. The van der Waals surface area contributed by atoms with Crippen LogP contribution >= 0.6 is 11.3 Å². The normalized spacial score (nSPS) is 16.1. The Morgan fingerprint density at radius 3 is 2.57 bits per heavy atom. The van der Waals surface area contributed by atoms with Crippen LogP contribution in [0, 0.1) is 0 Å². The molecule has 0 bridgehead atoms. The van der Waals surface area contributed by atoms with Gasteiger partial charge in [-0.2, -0.15) is 0 Å². The highest BCUT2D eigenvalue weighted by molar-refractivity contribution is 7.13. The smallest absolute Gasteiger partial charge is 0.345 e. The zero-order valence-corrected chi connectivity index (χ0v) is 12.9. The van der Waals surface area contributed by atoms with E-state index >= 15 is 0 Å². The monoisotopic (exact) mass is 312 g/mol. The number of aromatic carboxylic acids is 1. The summed E-state index contributed by atoms with van der Waals surface area (Å²) >= 11 is 1.31. The van der Waals surface area contributed by atoms with Gasteiger partial charge in [0.2, 0.25) is 5.91 Å². The molecule has 116 valence electrons. The van der Waals surface area contributed by atoms with Crippen molar-refractivity contribution in [2.75, 3.05) is 39.9 Å². The topological polar surface area (TPSA) is 70.1 Å². The van der Waals surface area contributed by atoms with Crippen molar-refractivity contribution in [3.05, 3.63) is 21.9 Å². The van der Waals surface area contributed by atoms with Crippen LogP contribution in [0.1, 0.15) is 21.0 Å². The first kappa shape index (κ1) is 15.9. The summed E-state index contributed by atoms with van der Waals surface area (Å²) in [4.78, 5) is 28.3. The summed E-state index contributed by atoms with van der Waals surface area (Å²) in [5.41, 5.74) is 0. The standard InChI is InChI=1S/C14H20N2O4S/c1-20-9-4-13(17)16-7-5-15(6-8-16)10-11-2-3-12(21-11)14(18)19/h2-3H,4-10H2,1H3,(H,18,19). The number of rotatable bonds is 6. The number of methoxy groups -OCH3 is 1. The molecule has 2 heterocycles. The number of hydrogen-bond donors (Lipinski definition) is 1. The molecule has 1 amide bonds. The molecule has 1 saturated heterocycles. The van der Waals surface area contributed by atoms with Gasteiger partial charge in [0.15, 0.2) is 0 Å². The molecule has 21 heavy (non-hydrogen) atoms. The summed E-state index contributed by atoms with van der Waals surface area (Å²) in [6.45, 7) is 4.29.